The fourth-order valence-electron chi connectivity index (χ4n) is 2.03. The number of thioether (sulfide) groups is 1. The molecule has 0 bridgehead atoms. The van der Waals surface area contributed by atoms with E-state index in [0.717, 1.165) is 17.7 Å². The van der Waals surface area contributed by atoms with Crippen LogP contribution in [0, 0.1) is 5.41 Å². The van der Waals surface area contributed by atoms with Crippen molar-refractivity contribution in [2.24, 2.45) is 16.9 Å². The van der Waals surface area contributed by atoms with Gasteiger partial charge in [0.2, 0.25) is 0 Å². The molecule has 1 rings (SSSR count). The number of benzene rings is 1. The minimum atomic E-state index is -0.552. The highest BCUT2D eigenvalue weighted by molar-refractivity contribution is 8.02. The van der Waals surface area contributed by atoms with Gasteiger partial charge in [0.15, 0.2) is 0 Å². The van der Waals surface area contributed by atoms with Crippen LogP contribution in [0.5, 0.6) is 0 Å². The lowest BCUT2D eigenvalue weighted by Crippen LogP contribution is -2.37. The van der Waals surface area contributed by atoms with Crippen molar-refractivity contribution in [1.29, 1.82) is 0 Å². The van der Waals surface area contributed by atoms with Gasteiger partial charge in [-0.1, -0.05) is 32.6 Å². The van der Waals surface area contributed by atoms with Gasteiger partial charge in [0, 0.05) is 35.4 Å². The predicted octanol–water partition coefficient (Wildman–Crippen LogP) is 2.16. The molecule has 0 saturated carbocycles. The molecule has 1 aromatic rings. The number of amides is 1. The number of nitrogens with one attached hydrogen (secondary N) is 1. The van der Waals surface area contributed by atoms with E-state index in [1.54, 1.807) is 6.07 Å². The van der Waals surface area contributed by atoms with Gasteiger partial charge in [0.05, 0.1) is 5.03 Å². The fraction of sp³-hybridized carbons (Fsp3) is 0.500. The van der Waals surface area contributed by atoms with Gasteiger partial charge in [0.1, 0.15) is 0 Å². The molecule has 5 nitrogen and oxygen atoms in total. The molecule has 0 radical (unpaired) electrons. The summed E-state index contributed by atoms with van der Waals surface area (Å²) in [6.45, 7) is 9.81. The quantitative estimate of drug-likeness (QED) is 0.546. The Morgan fingerprint density at radius 2 is 2.04 bits per heavy atom. The van der Waals surface area contributed by atoms with Gasteiger partial charge in [-0.25, -0.2) is 0 Å². The van der Waals surface area contributed by atoms with E-state index in [1.165, 1.54) is 11.8 Å². The van der Waals surface area contributed by atoms with Crippen LogP contribution in [-0.2, 0) is 5.54 Å². The standard InChI is InChI=1S/C18H29N3O2S/c1-13(19)24-9-8-18(4,20)15-7-5-6-14(10-15)16(23)21-11-17(2,3)12-22/h5-7,10,22H,1,8-9,11-12,19-20H2,2-4H3,(H,21,23). The first-order valence-corrected chi connectivity index (χ1v) is 8.92. The maximum atomic E-state index is 12.3. The summed E-state index contributed by atoms with van der Waals surface area (Å²) < 4.78 is 0. The lowest BCUT2D eigenvalue weighted by molar-refractivity contribution is 0.0911. The first-order chi connectivity index (χ1) is 11.1. The molecule has 1 atom stereocenters. The highest BCUT2D eigenvalue weighted by atomic mass is 32.2. The number of carbonyl (C=O) groups excluding carboxylic acids is 1. The van der Waals surface area contributed by atoms with Crippen molar-refractivity contribution in [3.05, 3.63) is 47.0 Å². The van der Waals surface area contributed by atoms with Crippen molar-refractivity contribution >= 4 is 17.7 Å². The molecule has 24 heavy (non-hydrogen) atoms. The van der Waals surface area contributed by atoms with Crippen LogP contribution in [0.25, 0.3) is 0 Å². The van der Waals surface area contributed by atoms with Gasteiger partial charge >= 0.3 is 0 Å². The Kier molecular flexibility index (Phi) is 7.32. The summed E-state index contributed by atoms with van der Waals surface area (Å²) in [5.74, 6) is 0.600. The van der Waals surface area contributed by atoms with Crippen molar-refractivity contribution in [1.82, 2.24) is 5.32 Å². The highest BCUT2D eigenvalue weighted by Gasteiger charge is 2.23. The van der Waals surface area contributed by atoms with Crippen molar-refractivity contribution in [3.8, 4) is 0 Å². The van der Waals surface area contributed by atoms with Gasteiger partial charge < -0.3 is 21.9 Å². The molecule has 6 N–H and O–H groups in total. The molecule has 0 aromatic heterocycles. The SMILES string of the molecule is C=C(N)SCCC(C)(N)c1cccc(C(=O)NCC(C)(C)CO)c1. The van der Waals surface area contributed by atoms with Crippen LogP contribution in [0.2, 0.25) is 0 Å². The fourth-order valence-corrected chi connectivity index (χ4v) is 2.82. The number of aliphatic hydroxyl groups excluding tert-OH is 1. The molecule has 1 unspecified atom stereocenters. The van der Waals surface area contributed by atoms with Crippen LogP contribution in [0.3, 0.4) is 0 Å². The van der Waals surface area contributed by atoms with Crippen LogP contribution in [0.1, 0.15) is 43.1 Å². The van der Waals surface area contributed by atoms with E-state index in [2.05, 4.69) is 11.9 Å². The molecular formula is C18H29N3O2S. The number of hydrogen-bond acceptors (Lipinski definition) is 5. The Balaban J connectivity index is 2.78. The summed E-state index contributed by atoms with van der Waals surface area (Å²) in [6.07, 6.45) is 0.719. The molecule has 1 aromatic carbocycles. The summed E-state index contributed by atoms with van der Waals surface area (Å²) in [6, 6.07) is 7.35. The predicted molar refractivity (Wildman–Crippen MR) is 102 cm³/mol. The number of aliphatic hydroxyl groups is 1. The van der Waals surface area contributed by atoms with Gasteiger partial charge in [0.25, 0.3) is 5.91 Å². The van der Waals surface area contributed by atoms with Gasteiger partial charge in [-0.3, -0.25) is 4.79 Å². The van der Waals surface area contributed by atoms with Crippen molar-refractivity contribution < 1.29 is 9.90 Å². The molecule has 0 fully saturated rings. The normalized spacial score (nSPS) is 14.0. The van der Waals surface area contributed by atoms with E-state index in [0.29, 0.717) is 17.1 Å². The zero-order chi connectivity index (χ0) is 18.4. The Bertz CT molecular complexity index is 585. The zero-order valence-electron chi connectivity index (χ0n) is 14.8. The Labute approximate surface area is 148 Å². The molecule has 0 spiro atoms. The average Bonchev–Trinajstić information content (AvgIpc) is 2.52. The molecule has 134 valence electrons. The van der Waals surface area contributed by atoms with E-state index in [-0.39, 0.29) is 17.9 Å². The van der Waals surface area contributed by atoms with Crippen LogP contribution >= 0.6 is 11.8 Å². The number of carbonyl (C=O) groups is 1. The van der Waals surface area contributed by atoms with E-state index in [9.17, 15) is 9.90 Å². The third-order valence-corrected chi connectivity index (χ3v) is 4.63. The first-order valence-electron chi connectivity index (χ1n) is 7.93. The third kappa shape index (κ3) is 6.55. The Hall–Kier alpha value is -1.50. The monoisotopic (exact) mass is 351 g/mol. The maximum absolute atomic E-state index is 12.3. The minimum Gasteiger partial charge on any atom is -0.396 e. The van der Waals surface area contributed by atoms with E-state index in [4.69, 9.17) is 11.5 Å². The average molecular weight is 352 g/mol. The minimum absolute atomic E-state index is 0.0122. The lowest BCUT2D eigenvalue weighted by atomic mass is 9.89. The zero-order valence-corrected chi connectivity index (χ0v) is 15.6. The van der Waals surface area contributed by atoms with Crippen molar-refractivity contribution in [2.75, 3.05) is 18.9 Å². The van der Waals surface area contributed by atoms with E-state index >= 15 is 0 Å². The lowest BCUT2D eigenvalue weighted by Gasteiger charge is -2.26. The first kappa shape index (κ1) is 20.5. The summed E-state index contributed by atoms with van der Waals surface area (Å²) in [7, 11) is 0. The summed E-state index contributed by atoms with van der Waals surface area (Å²) in [5.41, 5.74) is 12.5. The second-order valence-electron chi connectivity index (χ2n) is 7.07. The smallest absolute Gasteiger partial charge is 0.251 e. The molecule has 1 amide bonds. The second-order valence-corrected chi connectivity index (χ2v) is 8.29. The van der Waals surface area contributed by atoms with Crippen molar-refractivity contribution in [2.45, 2.75) is 32.7 Å². The van der Waals surface area contributed by atoms with E-state index < -0.39 is 5.54 Å². The number of rotatable bonds is 9. The van der Waals surface area contributed by atoms with Gasteiger partial charge in [-0.05, 0) is 31.0 Å². The van der Waals surface area contributed by atoms with Crippen LogP contribution in [0.4, 0.5) is 0 Å². The molecule has 0 aliphatic heterocycles. The topological polar surface area (TPSA) is 101 Å². The Morgan fingerprint density at radius 1 is 1.38 bits per heavy atom. The molecule has 0 heterocycles. The third-order valence-electron chi connectivity index (χ3n) is 3.85. The summed E-state index contributed by atoms with van der Waals surface area (Å²) in [4.78, 5) is 12.3. The molecular weight excluding hydrogens is 322 g/mol. The number of hydrogen-bond donors (Lipinski definition) is 4. The van der Waals surface area contributed by atoms with Crippen LogP contribution in [0.15, 0.2) is 35.9 Å². The largest absolute Gasteiger partial charge is 0.396 e. The molecule has 6 heteroatoms. The summed E-state index contributed by atoms with van der Waals surface area (Å²) >= 11 is 1.48. The summed E-state index contributed by atoms with van der Waals surface area (Å²) in [5, 5.41) is 12.7. The van der Waals surface area contributed by atoms with Crippen LogP contribution in [-0.4, -0.2) is 29.9 Å². The highest BCUT2D eigenvalue weighted by Crippen LogP contribution is 2.25. The van der Waals surface area contributed by atoms with E-state index in [1.807, 2.05) is 39.0 Å². The van der Waals surface area contributed by atoms with Gasteiger partial charge in [-0.15, -0.1) is 11.8 Å². The van der Waals surface area contributed by atoms with Gasteiger partial charge in [-0.2, -0.15) is 0 Å². The van der Waals surface area contributed by atoms with Crippen LogP contribution < -0.4 is 16.8 Å². The molecule has 0 saturated heterocycles. The second kappa shape index (κ2) is 8.55. The molecule has 0 aliphatic rings. The Morgan fingerprint density at radius 3 is 2.62 bits per heavy atom. The maximum Gasteiger partial charge on any atom is 0.251 e. The molecule has 0 aliphatic carbocycles. The number of nitrogens with two attached hydrogens (primary N) is 2. The van der Waals surface area contributed by atoms with Crippen molar-refractivity contribution in [3.63, 3.8) is 0 Å².